The van der Waals surface area contributed by atoms with Gasteiger partial charge in [0.1, 0.15) is 22.7 Å². The summed E-state index contributed by atoms with van der Waals surface area (Å²) in [5.41, 5.74) is -0.289. The number of halogens is 2. The number of hydrogen-bond donors (Lipinski definition) is 5. The number of carboxylic acid groups (broad SMARTS) is 2. The largest absolute Gasteiger partial charge is 0.507 e. The molecule has 0 fully saturated rings. The van der Waals surface area contributed by atoms with Gasteiger partial charge in [0.25, 0.3) is 5.56 Å². The molecule has 0 amide bonds. The lowest BCUT2D eigenvalue weighted by molar-refractivity contribution is 0.0695. The average molecular weight is 326 g/mol. The Morgan fingerprint density at radius 2 is 1.61 bits per heavy atom. The van der Waals surface area contributed by atoms with Crippen molar-refractivity contribution in [3.8, 4) is 16.9 Å². The van der Waals surface area contributed by atoms with Crippen LogP contribution in [0.2, 0.25) is 0 Å². The van der Waals surface area contributed by atoms with Gasteiger partial charge in [-0.15, -0.1) is 0 Å². The summed E-state index contributed by atoms with van der Waals surface area (Å²) >= 11 is 0. The van der Waals surface area contributed by atoms with E-state index < -0.39 is 63.0 Å². The lowest BCUT2D eigenvalue weighted by Crippen LogP contribution is -2.24. The van der Waals surface area contributed by atoms with Gasteiger partial charge in [0.2, 0.25) is 0 Å². The molecule has 1 heterocycles. The Labute approximate surface area is 125 Å². The molecule has 2 rings (SSSR count). The number of phenolic OH excluding ortho intramolecular Hbond substituents is 1. The molecule has 1 aromatic heterocycles. The van der Waals surface area contributed by atoms with E-state index in [1.807, 2.05) is 0 Å². The number of nitrogens with one attached hydrogen (secondary N) is 1. The van der Waals surface area contributed by atoms with Crippen LogP contribution in [0.15, 0.2) is 16.9 Å². The number of nitrogens with two attached hydrogens (primary N) is 1. The summed E-state index contributed by atoms with van der Waals surface area (Å²) in [6.45, 7) is 0. The monoisotopic (exact) mass is 326 g/mol. The highest BCUT2D eigenvalue weighted by Gasteiger charge is 2.30. The first-order chi connectivity index (χ1) is 10.7. The Kier molecular flexibility index (Phi) is 3.75. The van der Waals surface area contributed by atoms with Crippen molar-refractivity contribution in [2.75, 3.05) is 5.73 Å². The van der Waals surface area contributed by atoms with Crippen LogP contribution in [0.25, 0.3) is 11.1 Å². The molecule has 1 aromatic carbocycles. The average Bonchev–Trinajstić information content (AvgIpc) is 2.42. The topological polar surface area (TPSA) is 154 Å². The highest BCUT2D eigenvalue weighted by atomic mass is 19.2. The van der Waals surface area contributed by atoms with E-state index in [-0.39, 0.29) is 0 Å². The molecule has 0 aliphatic rings. The molecule has 0 aliphatic carbocycles. The van der Waals surface area contributed by atoms with Crippen LogP contribution in [-0.2, 0) is 0 Å². The fraction of sp³-hybridized carbons (Fsp3) is 0. The van der Waals surface area contributed by atoms with Crippen molar-refractivity contribution >= 4 is 17.8 Å². The van der Waals surface area contributed by atoms with Crippen LogP contribution in [0.1, 0.15) is 20.7 Å². The number of phenols is 1. The van der Waals surface area contributed by atoms with Crippen LogP contribution in [0.5, 0.6) is 5.75 Å². The van der Waals surface area contributed by atoms with Crippen LogP contribution in [0, 0.1) is 11.6 Å². The van der Waals surface area contributed by atoms with Gasteiger partial charge in [0.05, 0.1) is 5.56 Å². The second kappa shape index (κ2) is 5.40. The summed E-state index contributed by atoms with van der Waals surface area (Å²) < 4.78 is 27.4. The number of carboxylic acids is 2. The lowest BCUT2D eigenvalue weighted by atomic mass is 9.94. The fourth-order valence-corrected chi connectivity index (χ4v) is 2.07. The van der Waals surface area contributed by atoms with Gasteiger partial charge in [-0.2, -0.15) is 0 Å². The smallest absolute Gasteiger partial charge is 0.342 e. The van der Waals surface area contributed by atoms with Gasteiger partial charge >= 0.3 is 11.9 Å². The van der Waals surface area contributed by atoms with E-state index in [4.69, 9.17) is 15.9 Å². The zero-order chi connectivity index (χ0) is 17.5. The van der Waals surface area contributed by atoms with Gasteiger partial charge in [-0.25, -0.2) is 18.4 Å². The first-order valence-corrected chi connectivity index (χ1v) is 5.86. The van der Waals surface area contributed by atoms with Crippen molar-refractivity contribution in [2.24, 2.45) is 0 Å². The molecule has 0 aliphatic heterocycles. The molecule has 0 saturated carbocycles. The van der Waals surface area contributed by atoms with Crippen molar-refractivity contribution in [2.45, 2.75) is 0 Å². The fourth-order valence-electron chi connectivity index (χ4n) is 2.07. The zero-order valence-electron chi connectivity index (χ0n) is 11.1. The molecule has 0 saturated heterocycles. The van der Waals surface area contributed by atoms with Gasteiger partial charge in [0.15, 0.2) is 11.6 Å². The number of rotatable bonds is 3. The Hall–Kier alpha value is -3.43. The Morgan fingerprint density at radius 3 is 2.13 bits per heavy atom. The number of aromatic nitrogens is 1. The minimum absolute atomic E-state index is 0.547. The number of hydrogen-bond acceptors (Lipinski definition) is 5. The number of aromatic carboxylic acids is 2. The third-order valence-electron chi connectivity index (χ3n) is 3.00. The van der Waals surface area contributed by atoms with Crippen molar-refractivity contribution < 1.29 is 33.7 Å². The van der Waals surface area contributed by atoms with Crippen molar-refractivity contribution in [3.05, 3.63) is 45.2 Å². The number of aromatic amines is 1. The summed E-state index contributed by atoms with van der Waals surface area (Å²) in [6, 6.07) is 1.23. The predicted molar refractivity (Wildman–Crippen MR) is 72.4 cm³/mol. The normalized spacial score (nSPS) is 10.5. The molecule has 0 bridgehead atoms. The molecule has 23 heavy (non-hydrogen) atoms. The Bertz CT molecular complexity index is 906. The highest BCUT2D eigenvalue weighted by molar-refractivity contribution is 6.08. The number of nitrogen functional groups attached to an aromatic ring is 1. The number of pyridine rings is 1. The lowest BCUT2D eigenvalue weighted by Gasteiger charge is -2.14. The van der Waals surface area contributed by atoms with E-state index in [2.05, 4.69) is 0 Å². The van der Waals surface area contributed by atoms with Gasteiger partial charge < -0.3 is 26.0 Å². The third kappa shape index (κ3) is 2.46. The molecule has 6 N–H and O–H groups in total. The standard InChI is InChI=1S/C13H8F2N2O6/c14-3-1-2-4(18)5(9(3)15)6-7(12(20)21)10(16)17-11(19)8(6)13(22)23/h1-2,18H,(H,20,21)(H,22,23)(H3,16,17,19). The van der Waals surface area contributed by atoms with Crippen molar-refractivity contribution in [1.82, 2.24) is 4.98 Å². The Morgan fingerprint density at radius 1 is 1.04 bits per heavy atom. The number of anilines is 1. The van der Waals surface area contributed by atoms with Crippen molar-refractivity contribution in [1.29, 1.82) is 0 Å². The quantitative estimate of drug-likeness (QED) is 0.564. The van der Waals surface area contributed by atoms with E-state index >= 15 is 0 Å². The maximum atomic E-state index is 14.0. The SMILES string of the molecule is Nc1[nH]c(=O)c(C(=O)O)c(-c2c(O)ccc(F)c2F)c1C(=O)O. The van der Waals surface area contributed by atoms with E-state index in [0.717, 1.165) is 0 Å². The van der Waals surface area contributed by atoms with E-state index in [1.165, 1.54) is 0 Å². The summed E-state index contributed by atoms with van der Waals surface area (Å²) in [5.74, 6) is -8.65. The summed E-state index contributed by atoms with van der Waals surface area (Å²) in [6.07, 6.45) is 0. The molecule has 10 heteroatoms. The molecule has 2 aromatic rings. The predicted octanol–water partition coefficient (Wildman–Crippen LogP) is 1.00. The summed E-state index contributed by atoms with van der Waals surface area (Å²) in [5, 5.41) is 28.0. The number of carbonyl (C=O) groups is 2. The molecule has 120 valence electrons. The first kappa shape index (κ1) is 15.9. The summed E-state index contributed by atoms with van der Waals surface area (Å²) in [7, 11) is 0. The zero-order valence-corrected chi connectivity index (χ0v) is 11.1. The van der Waals surface area contributed by atoms with Gasteiger partial charge in [-0.3, -0.25) is 4.79 Å². The molecular formula is C13H8F2N2O6. The molecule has 0 atom stereocenters. The van der Waals surface area contributed by atoms with E-state index in [9.17, 15) is 28.3 Å². The molecular weight excluding hydrogens is 318 g/mol. The number of aromatic hydroxyl groups is 1. The molecule has 0 spiro atoms. The minimum atomic E-state index is -1.91. The second-order valence-corrected chi connectivity index (χ2v) is 4.36. The van der Waals surface area contributed by atoms with Crippen LogP contribution >= 0.6 is 0 Å². The summed E-state index contributed by atoms with van der Waals surface area (Å²) in [4.78, 5) is 36.1. The van der Waals surface area contributed by atoms with Crippen LogP contribution in [-0.4, -0.2) is 32.2 Å². The molecule has 8 nitrogen and oxygen atoms in total. The van der Waals surface area contributed by atoms with Crippen LogP contribution in [0.3, 0.4) is 0 Å². The van der Waals surface area contributed by atoms with Gasteiger partial charge in [-0.05, 0) is 12.1 Å². The molecule has 0 unspecified atom stereocenters. The number of H-pyrrole nitrogens is 1. The minimum Gasteiger partial charge on any atom is -0.507 e. The van der Waals surface area contributed by atoms with Crippen LogP contribution in [0.4, 0.5) is 14.6 Å². The maximum Gasteiger partial charge on any atom is 0.342 e. The highest BCUT2D eigenvalue weighted by Crippen LogP contribution is 2.37. The molecule has 0 radical (unpaired) electrons. The Balaban J connectivity index is 3.14. The van der Waals surface area contributed by atoms with E-state index in [1.54, 1.807) is 4.98 Å². The maximum absolute atomic E-state index is 14.0. The van der Waals surface area contributed by atoms with E-state index in [0.29, 0.717) is 12.1 Å². The van der Waals surface area contributed by atoms with Gasteiger partial charge in [0, 0.05) is 5.56 Å². The second-order valence-electron chi connectivity index (χ2n) is 4.36. The van der Waals surface area contributed by atoms with Crippen LogP contribution < -0.4 is 11.3 Å². The first-order valence-electron chi connectivity index (χ1n) is 5.86. The van der Waals surface area contributed by atoms with Gasteiger partial charge in [-0.1, -0.05) is 0 Å². The third-order valence-corrected chi connectivity index (χ3v) is 3.00. The van der Waals surface area contributed by atoms with Crippen molar-refractivity contribution in [3.63, 3.8) is 0 Å². The number of benzene rings is 1.